The van der Waals surface area contributed by atoms with Crippen LogP contribution in [0.3, 0.4) is 0 Å². The first-order chi connectivity index (χ1) is 9.15. The molecule has 0 bridgehead atoms. The van der Waals surface area contributed by atoms with E-state index >= 15 is 0 Å². The molecule has 1 aromatic carbocycles. The molecule has 19 heavy (non-hydrogen) atoms. The molecule has 98 valence electrons. The van der Waals surface area contributed by atoms with Crippen LogP contribution in [0.25, 0.3) is 11.4 Å². The van der Waals surface area contributed by atoms with Gasteiger partial charge in [-0.2, -0.15) is 0 Å². The van der Waals surface area contributed by atoms with E-state index in [-0.39, 0.29) is 5.56 Å². The number of halogens is 2. The van der Waals surface area contributed by atoms with Crippen LogP contribution in [0.15, 0.2) is 31.9 Å². The van der Waals surface area contributed by atoms with Gasteiger partial charge >= 0.3 is 0 Å². The van der Waals surface area contributed by atoms with E-state index in [9.17, 15) is 4.79 Å². The second-order valence-corrected chi connectivity index (χ2v) is 5.98. The van der Waals surface area contributed by atoms with Gasteiger partial charge in [-0.05, 0) is 44.0 Å². The Kier molecular flexibility index (Phi) is 3.56. The van der Waals surface area contributed by atoms with Crippen molar-refractivity contribution < 1.29 is 4.74 Å². The maximum absolute atomic E-state index is 12.0. The van der Waals surface area contributed by atoms with E-state index < -0.39 is 0 Å². The van der Waals surface area contributed by atoms with Gasteiger partial charge in [-0.1, -0.05) is 6.07 Å². The fourth-order valence-electron chi connectivity index (χ4n) is 2.02. The Labute approximate surface area is 126 Å². The number of nitrogens with one attached hydrogen (secondary N) is 1. The summed E-state index contributed by atoms with van der Waals surface area (Å²) in [5, 5.41) is 0. The third-order valence-electron chi connectivity index (χ3n) is 3.02. The molecule has 0 unspecified atom stereocenters. The van der Waals surface area contributed by atoms with Gasteiger partial charge in [0.2, 0.25) is 0 Å². The first-order valence-electron chi connectivity index (χ1n) is 5.80. The average Bonchev–Trinajstić information content (AvgIpc) is 2.42. The lowest BCUT2D eigenvalue weighted by Gasteiger charge is -2.15. The van der Waals surface area contributed by atoms with E-state index in [0.29, 0.717) is 31.0 Å². The molecule has 3 rings (SSSR count). The topological polar surface area (TPSA) is 55.0 Å². The predicted molar refractivity (Wildman–Crippen MR) is 79.1 cm³/mol. The molecule has 0 amide bonds. The van der Waals surface area contributed by atoms with Crippen LogP contribution in [0.1, 0.15) is 11.3 Å². The lowest BCUT2D eigenvalue weighted by Crippen LogP contribution is -2.24. The lowest BCUT2D eigenvalue weighted by atomic mass is 10.1. The highest BCUT2D eigenvalue weighted by Crippen LogP contribution is 2.27. The predicted octanol–water partition coefficient (Wildman–Crippen LogP) is 3.03. The molecule has 0 aliphatic carbocycles. The zero-order chi connectivity index (χ0) is 13.4. The number of ether oxygens (including phenoxy) is 1. The Morgan fingerprint density at radius 1 is 1.26 bits per heavy atom. The molecule has 0 saturated carbocycles. The SMILES string of the molecule is O=c1[nH]c(-c2ccc(Br)c(Br)c2)nc2c1COCC2. The highest BCUT2D eigenvalue weighted by molar-refractivity contribution is 9.13. The number of hydrogen-bond donors (Lipinski definition) is 1. The Bertz CT molecular complexity index is 698. The van der Waals surface area contributed by atoms with Crippen LogP contribution in [-0.2, 0) is 17.8 Å². The van der Waals surface area contributed by atoms with E-state index in [1.807, 2.05) is 18.2 Å². The Balaban J connectivity index is 2.12. The van der Waals surface area contributed by atoms with Gasteiger partial charge in [-0.3, -0.25) is 4.79 Å². The summed E-state index contributed by atoms with van der Waals surface area (Å²) in [7, 11) is 0. The molecular weight excluding hydrogens is 376 g/mol. The van der Waals surface area contributed by atoms with Crippen molar-refractivity contribution in [2.45, 2.75) is 13.0 Å². The molecule has 1 aliphatic rings. The number of rotatable bonds is 1. The summed E-state index contributed by atoms with van der Waals surface area (Å²) in [5.74, 6) is 0.596. The smallest absolute Gasteiger partial charge is 0.256 e. The van der Waals surface area contributed by atoms with E-state index in [2.05, 4.69) is 41.8 Å². The molecule has 0 spiro atoms. The first-order valence-corrected chi connectivity index (χ1v) is 7.39. The van der Waals surface area contributed by atoms with Gasteiger partial charge in [0.25, 0.3) is 5.56 Å². The molecule has 2 aromatic rings. The quantitative estimate of drug-likeness (QED) is 0.820. The number of aromatic nitrogens is 2. The average molecular weight is 386 g/mol. The fraction of sp³-hybridized carbons (Fsp3) is 0.231. The summed E-state index contributed by atoms with van der Waals surface area (Å²) < 4.78 is 7.17. The number of hydrogen-bond acceptors (Lipinski definition) is 3. The van der Waals surface area contributed by atoms with Crippen molar-refractivity contribution in [1.82, 2.24) is 9.97 Å². The summed E-state index contributed by atoms with van der Waals surface area (Å²) in [6, 6.07) is 5.76. The van der Waals surface area contributed by atoms with E-state index in [4.69, 9.17) is 4.74 Å². The Morgan fingerprint density at radius 2 is 2.11 bits per heavy atom. The first kappa shape index (κ1) is 13.0. The molecule has 1 aliphatic heterocycles. The van der Waals surface area contributed by atoms with Crippen LogP contribution in [0, 0.1) is 0 Å². The monoisotopic (exact) mass is 384 g/mol. The zero-order valence-electron chi connectivity index (χ0n) is 9.87. The molecule has 0 fully saturated rings. The van der Waals surface area contributed by atoms with Crippen LogP contribution in [0.4, 0.5) is 0 Å². The third-order valence-corrected chi connectivity index (χ3v) is 4.90. The van der Waals surface area contributed by atoms with Gasteiger partial charge in [-0.25, -0.2) is 4.98 Å². The van der Waals surface area contributed by atoms with Gasteiger partial charge in [0.05, 0.1) is 24.5 Å². The number of H-pyrrole nitrogens is 1. The maximum Gasteiger partial charge on any atom is 0.256 e. The minimum atomic E-state index is -0.112. The van der Waals surface area contributed by atoms with E-state index in [0.717, 1.165) is 20.2 Å². The molecule has 1 aromatic heterocycles. The van der Waals surface area contributed by atoms with Crippen LogP contribution in [-0.4, -0.2) is 16.6 Å². The molecule has 4 nitrogen and oxygen atoms in total. The Hall–Kier alpha value is -0.980. The largest absolute Gasteiger partial charge is 0.376 e. The van der Waals surface area contributed by atoms with Crippen molar-refractivity contribution in [1.29, 1.82) is 0 Å². The zero-order valence-corrected chi connectivity index (χ0v) is 13.0. The normalized spacial score (nSPS) is 14.2. The fourth-order valence-corrected chi connectivity index (χ4v) is 2.65. The third kappa shape index (κ3) is 2.52. The summed E-state index contributed by atoms with van der Waals surface area (Å²) in [5.41, 5.74) is 2.25. The second-order valence-electron chi connectivity index (χ2n) is 4.27. The highest BCUT2D eigenvalue weighted by Gasteiger charge is 2.16. The standard InChI is InChI=1S/C13H10Br2N2O2/c14-9-2-1-7(5-10(9)15)12-16-11-3-4-19-6-8(11)13(18)17-12/h1-2,5H,3-4,6H2,(H,16,17,18). The molecule has 1 N–H and O–H groups in total. The van der Waals surface area contributed by atoms with Crippen LogP contribution in [0.5, 0.6) is 0 Å². The van der Waals surface area contributed by atoms with E-state index in [1.54, 1.807) is 0 Å². The van der Waals surface area contributed by atoms with Crippen molar-refractivity contribution in [3.8, 4) is 11.4 Å². The summed E-state index contributed by atoms with van der Waals surface area (Å²) in [6.45, 7) is 0.967. The van der Waals surface area contributed by atoms with Crippen molar-refractivity contribution in [2.24, 2.45) is 0 Å². The van der Waals surface area contributed by atoms with Crippen molar-refractivity contribution in [3.63, 3.8) is 0 Å². The maximum atomic E-state index is 12.0. The lowest BCUT2D eigenvalue weighted by molar-refractivity contribution is 0.108. The molecular formula is C13H10Br2N2O2. The highest BCUT2D eigenvalue weighted by atomic mass is 79.9. The van der Waals surface area contributed by atoms with Gasteiger partial charge < -0.3 is 9.72 Å². The van der Waals surface area contributed by atoms with Crippen LogP contribution < -0.4 is 5.56 Å². The molecule has 6 heteroatoms. The number of nitrogens with zero attached hydrogens (tertiary/aromatic N) is 1. The molecule has 0 radical (unpaired) electrons. The van der Waals surface area contributed by atoms with Crippen molar-refractivity contribution in [2.75, 3.05) is 6.61 Å². The van der Waals surface area contributed by atoms with Crippen molar-refractivity contribution in [3.05, 3.63) is 48.8 Å². The minimum absolute atomic E-state index is 0.112. The Morgan fingerprint density at radius 3 is 2.89 bits per heavy atom. The van der Waals surface area contributed by atoms with Crippen molar-refractivity contribution >= 4 is 31.9 Å². The second kappa shape index (κ2) is 5.19. The molecule has 2 heterocycles. The van der Waals surface area contributed by atoms with E-state index in [1.165, 1.54) is 0 Å². The van der Waals surface area contributed by atoms with Gasteiger partial charge in [0.15, 0.2) is 0 Å². The number of benzene rings is 1. The van der Waals surface area contributed by atoms with Crippen LogP contribution >= 0.6 is 31.9 Å². The summed E-state index contributed by atoms with van der Waals surface area (Å²) in [4.78, 5) is 19.4. The van der Waals surface area contributed by atoms with Gasteiger partial charge in [0.1, 0.15) is 5.82 Å². The molecule has 0 atom stereocenters. The molecule has 0 saturated heterocycles. The minimum Gasteiger partial charge on any atom is -0.376 e. The van der Waals surface area contributed by atoms with Crippen LogP contribution in [0.2, 0.25) is 0 Å². The summed E-state index contributed by atoms with van der Waals surface area (Å²) >= 11 is 6.87. The number of fused-ring (bicyclic) bond motifs is 1. The van der Waals surface area contributed by atoms with Gasteiger partial charge in [0, 0.05) is 20.9 Å². The summed E-state index contributed by atoms with van der Waals surface area (Å²) in [6.07, 6.45) is 0.684. The number of aromatic amines is 1. The van der Waals surface area contributed by atoms with Gasteiger partial charge in [-0.15, -0.1) is 0 Å².